The smallest absolute Gasteiger partial charge is 0.340 e. The van der Waals surface area contributed by atoms with E-state index in [1.165, 1.54) is 0 Å². The van der Waals surface area contributed by atoms with Crippen LogP contribution in [0.4, 0.5) is 0 Å². The van der Waals surface area contributed by atoms with E-state index < -0.39 is 11.6 Å². The van der Waals surface area contributed by atoms with Gasteiger partial charge in [-0.25, -0.2) is 4.79 Å². The third-order valence-electron chi connectivity index (χ3n) is 3.40. The van der Waals surface area contributed by atoms with Gasteiger partial charge >= 0.3 is 5.97 Å². The van der Waals surface area contributed by atoms with Gasteiger partial charge in [0.15, 0.2) is 5.60 Å². The zero-order valence-corrected chi connectivity index (χ0v) is 11.2. The Bertz CT molecular complexity index is 528. The molecule has 1 aromatic rings. The molecule has 1 N–H and O–H groups in total. The summed E-state index contributed by atoms with van der Waals surface area (Å²) < 4.78 is 5.51. The third kappa shape index (κ3) is 2.61. The van der Waals surface area contributed by atoms with Crippen molar-refractivity contribution in [1.82, 2.24) is 0 Å². The van der Waals surface area contributed by atoms with E-state index in [4.69, 9.17) is 4.74 Å². The first-order valence-corrected chi connectivity index (χ1v) is 6.41. The summed E-state index contributed by atoms with van der Waals surface area (Å²) in [7, 11) is 0. The summed E-state index contributed by atoms with van der Waals surface area (Å²) in [6.07, 6.45) is 3.86. The number of ether oxygens (including phenoxy) is 1. The van der Waals surface area contributed by atoms with Gasteiger partial charge in [-0.05, 0) is 36.6 Å². The van der Waals surface area contributed by atoms with Gasteiger partial charge in [0, 0.05) is 13.0 Å². The molecule has 19 heavy (non-hydrogen) atoms. The van der Waals surface area contributed by atoms with Gasteiger partial charge < -0.3 is 9.84 Å². The molecular weight excluding hydrogens is 240 g/mol. The third-order valence-corrected chi connectivity index (χ3v) is 3.40. The SMILES string of the molecule is CCOC1(C(=O)O)C=CC(C)=C(c2ccccc2)C1. The van der Waals surface area contributed by atoms with E-state index in [0.29, 0.717) is 13.0 Å². The van der Waals surface area contributed by atoms with Crippen molar-refractivity contribution in [1.29, 1.82) is 0 Å². The maximum atomic E-state index is 11.6. The minimum absolute atomic E-state index is 0.364. The summed E-state index contributed by atoms with van der Waals surface area (Å²) in [4.78, 5) is 11.6. The number of allylic oxidation sites excluding steroid dienone is 2. The van der Waals surface area contributed by atoms with E-state index in [2.05, 4.69) is 0 Å². The first kappa shape index (κ1) is 13.6. The van der Waals surface area contributed by atoms with Crippen molar-refractivity contribution in [3.63, 3.8) is 0 Å². The Balaban J connectivity index is 2.40. The van der Waals surface area contributed by atoms with E-state index in [9.17, 15) is 9.90 Å². The highest BCUT2D eigenvalue weighted by atomic mass is 16.5. The molecule has 0 spiro atoms. The second-order valence-electron chi connectivity index (χ2n) is 4.67. The summed E-state index contributed by atoms with van der Waals surface area (Å²) in [6, 6.07) is 9.85. The molecule has 3 nitrogen and oxygen atoms in total. The standard InChI is InChI=1S/C16H18O3/c1-3-19-16(15(17)18)10-9-12(2)14(11-16)13-7-5-4-6-8-13/h4-10H,3,11H2,1-2H3,(H,17,18). The Morgan fingerprint density at radius 3 is 2.63 bits per heavy atom. The van der Waals surface area contributed by atoms with E-state index in [-0.39, 0.29) is 0 Å². The van der Waals surface area contributed by atoms with Crippen molar-refractivity contribution in [2.75, 3.05) is 6.61 Å². The minimum Gasteiger partial charge on any atom is -0.479 e. The summed E-state index contributed by atoms with van der Waals surface area (Å²) in [5, 5.41) is 9.47. The molecule has 1 aliphatic rings. The number of hydrogen-bond donors (Lipinski definition) is 1. The maximum absolute atomic E-state index is 11.6. The predicted molar refractivity (Wildman–Crippen MR) is 74.8 cm³/mol. The van der Waals surface area contributed by atoms with Gasteiger partial charge in [0.05, 0.1) is 0 Å². The molecular formula is C16H18O3. The number of benzene rings is 1. The van der Waals surface area contributed by atoms with Crippen LogP contribution < -0.4 is 0 Å². The molecule has 100 valence electrons. The van der Waals surface area contributed by atoms with Crippen LogP contribution in [0.2, 0.25) is 0 Å². The van der Waals surface area contributed by atoms with Gasteiger partial charge in [-0.15, -0.1) is 0 Å². The molecule has 0 aromatic heterocycles. The van der Waals surface area contributed by atoms with Crippen molar-refractivity contribution in [3.05, 3.63) is 53.6 Å². The number of carbonyl (C=O) groups is 1. The van der Waals surface area contributed by atoms with Crippen molar-refractivity contribution < 1.29 is 14.6 Å². The summed E-state index contributed by atoms with van der Waals surface area (Å²) in [6.45, 7) is 4.18. The second kappa shape index (κ2) is 5.41. The van der Waals surface area contributed by atoms with Crippen LogP contribution in [0.5, 0.6) is 0 Å². The summed E-state index contributed by atoms with van der Waals surface area (Å²) in [5.41, 5.74) is 1.93. The van der Waals surface area contributed by atoms with Crippen molar-refractivity contribution in [2.24, 2.45) is 0 Å². The van der Waals surface area contributed by atoms with Crippen molar-refractivity contribution in [2.45, 2.75) is 25.9 Å². The van der Waals surface area contributed by atoms with E-state index in [0.717, 1.165) is 16.7 Å². The number of rotatable bonds is 4. The molecule has 0 heterocycles. The average molecular weight is 258 g/mol. The van der Waals surface area contributed by atoms with Gasteiger partial charge in [0.25, 0.3) is 0 Å². The summed E-state index contributed by atoms with van der Waals surface area (Å²) >= 11 is 0. The van der Waals surface area contributed by atoms with E-state index in [1.807, 2.05) is 50.3 Å². The Labute approximate surface area is 113 Å². The number of hydrogen-bond acceptors (Lipinski definition) is 2. The van der Waals surface area contributed by atoms with Crippen LogP contribution >= 0.6 is 0 Å². The quantitative estimate of drug-likeness (QED) is 0.901. The molecule has 0 saturated heterocycles. The lowest BCUT2D eigenvalue weighted by atomic mass is 9.83. The van der Waals surface area contributed by atoms with Crippen LogP contribution in [0.3, 0.4) is 0 Å². The molecule has 1 unspecified atom stereocenters. The molecule has 0 aliphatic heterocycles. The average Bonchev–Trinajstić information content (AvgIpc) is 2.42. The number of carboxylic acids is 1. The molecule has 0 amide bonds. The van der Waals surface area contributed by atoms with Gasteiger partial charge in [-0.2, -0.15) is 0 Å². The monoisotopic (exact) mass is 258 g/mol. The molecule has 0 saturated carbocycles. The normalized spacial score (nSPS) is 22.6. The molecule has 0 bridgehead atoms. The highest BCUT2D eigenvalue weighted by molar-refractivity contribution is 5.87. The largest absolute Gasteiger partial charge is 0.479 e. The van der Waals surface area contributed by atoms with Crippen LogP contribution in [0.25, 0.3) is 5.57 Å². The fourth-order valence-corrected chi connectivity index (χ4v) is 2.36. The lowest BCUT2D eigenvalue weighted by molar-refractivity contribution is -0.158. The van der Waals surface area contributed by atoms with Crippen LogP contribution in [0.15, 0.2) is 48.1 Å². The topological polar surface area (TPSA) is 46.5 Å². The highest BCUT2D eigenvalue weighted by Gasteiger charge is 2.39. The molecule has 1 atom stereocenters. The van der Waals surface area contributed by atoms with Gasteiger partial charge in [-0.1, -0.05) is 36.4 Å². The van der Waals surface area contributed by atoms with Crippen molar-refractivity contribution >= 4 is 11.5 Å². The lowest BCUT2D eigenvalue weighted by Gasteiger charge is -2.31. The molecule has 3 heteroatoms. The fraction of sp³-hybridized carbons (Fsp3) is 0.312. The molecule has 1 aromatic carbocycles. The lowest BCUT2D eigenvalue weighted by Crippen LogP contribution is -2.41. The molecule has 2 rings (SSSR count). The van der Waals surface area contributed by atoms with E-state index >= 15 is 0 Å². The fourth-order valence-electron chi connectivity index (χ4n) is 2.36. The molecule has 1 aliphatic carbocycles. The highest BCUT2D eigenvalue weighted by Crippen LogP contribution is 2.36. The number of aliphatic carboxylic acids is 1. The number of carboxylic acid groups (broad SMARTS) is 1. The Hall–Kier alpha value is -1.87. The maximum Gasteiger partial charge on any atom is 0.340 e. The first-order chi connectivity index (χ1) is 9.09. The minimum atomic E-state index is -1.24. The second-order valence-corrected chi connectivity index (χ2v) is 4.67. The Morgan fingerprint density at radius 2 is 2.05 bits per heavy atom. The van der Waals surface area contributed by atoms with Gasteiger partial charge in [-0.3, -0.25) is 0 Å². The van der Waals surface area contributed by atoms with Crippen LogP contribution in [-0.2, 0) is 9.53 Å². The predicted octanol–water partition coefficient (Wildman–Crippen LogP) is 3.28. The van der Waals surface area contributed by atoms with Gasteiger partial charge in [0.1, 0.15) is 0 Å². The van der Waals surface area contributed by atoms with Gasteiger partial charge in [0.2, 0.25) is 0 Å². The van der Waals surface area contributed by atoms with Crippen LogP contribution in [-0.4, -0.2) is 23.3 Å². The van der Waals surface area contributed by atoms with Crippen LogP contribution in [0.1, 0.15) is 25.8 Å². The summed E-state index contributed by atoms with van der Waals surface area (Å²) in [5.74, 6) is -0.938. The Kier molecular flexibility index (Phi) is 3.86. The Morgan fingerprint density at radius 1 is 1.37 bits per heavy atom. The zero-order chi connectivity index (χ0) is 13.9. The molecule has 0 radical (unpaired) electrons. The van der Waals surface area contributed by atoms with Crippen LogP contribution in [0, 0.1) is 0 Å². The zero-order valence-electron chi connectivity index (χ0n) is 11.2. The first-order valence-electron chi connectivity index (χ1n) is 6.41. The van der Waals surface area contributed by atoms with E-state index in [1.54, 1.807) is 6.08 Å². The van der Waals surface area contributed by atoms with Crippen molar-refractivity contribution in [3.8, 4) is 0 Å². The molecule has 0 fully saturated rings.